The Morgan fingerprint density at radius 3 is 3.06 bits per heavy atom. The monoisotopic (exact) mass is 260 g/mol. The van der Waals surface area contributed by atoms with E-state index in [4.69, 9.17) is 5.11 Å². The molecule has 1 fully saturated rings. The molecule has 3 rings (SSSR count). The maximum atomic E-state index is 9.12. The van der Waals surface area contributed by atoms with Gasteiger partial charge in [-0.3, -0.25) is 0 Å². The van der Waals surface area contributed by atoms with Gasteiger partial charge in [-0.05, 0) is 30.5 Å². The molecule has 0 aliphatic heterocycles. The van der Waals surface area contributed by atoms with Gasteiger partial charge in [0.2, 0.25) is 0 Å². The van der Waals surface area contributed by atoms with Gasteiger partial charge < -0.3 is 9.67 Å². The van der Waals surface area contributed by atoms with Crippen LogP contribution in [0.4, 0.5) is 0 Å². The Morgan fingerprint density at radius 2 is 2.28 bits per heavy atom. The van der Waals surface area contributed by atoms with E-state index in [9.17, 15) is 0 Å². The molecular formula is C14H16N2OS. The first-order valence-electron chi connectivity index (χ1n) is 6.20. The number of aliphatic hydroxyl groups is 1. The van der Waals surface area contributed by atoms with Crippen molar-refractivity contribution in [3.05, 3.63) is 48.0 Å². The van der Waals surface area contributed by atoms with Crippen LogP contribution in [0.1, 0.15) is 30.1 Å². The summed E-state index contributed by atoms with van der Waals surface area (Å²) in [4.78, 5) is 5.44. The van der Waals surface area contributed by atoms with Gasteiger partial charge in [0.25, 0.3) is 0 Å². The third-order valence-corrected chi connectivity index (χ3v) is 4.18. The van der Waals surface area contributed by atoms with Crippen LogP contribution in [0.5, 0.6) is 0 Å². The Kier molecular flexibility index (Phi) is 3.39. The fourth-order valence-corrected chi connectivity index (χ4v) is 2.96. The molecule has 0 radical (unpaired) electrons. The molecule has 94 valence electrons. The normalized spacial score (nSPS) is 14.9. The molecule has 0 spiro atoms. The summed E-state index contributed by atoms with van der Waals surface area (Å²) in [6.07, 6.45) is 6.47. The lowest BCUT2D eigenvalue weighted by molar-refractivity contribution is 0.281. The summed E-state index contributed by atoms with van der Waals surface area (Å²) in [7, 11) is 0. The van der Waals surface area contributed by atoms with Crippen molar-refractivity contribution in [1.82, 2.24) is 9.55 Å². The van der Waals surface area contributed by atoms with Gasteiger partial charge in [0, 0.05) is 28.6 Å². The van der Waals surface area contributed by atoms with E-state index >= 15 is 0 Å². The maximum Gasteiger partial charge on any atom is 0.0951 e. The van der Waals surface area contributed by atoms with Crippen LogP contribution in [0.25, 0.3) is 0 Å². The van der Waals surface area contributed by atoms with Gasteiger partial charge in [0.1, 0.15) is 0 Å². The van der Waals surface area contributed by atoms with Crippen LogP contribution in [0, 0.1) is 0 Å². The van der Waals surface area contributed by atoms with E-state index in [2.05, 4.69) is 15.6 Å². The molecule has 4 heteroatoms. The lowest BCUT2D eigenvalue weighted by Crippen LogP contribution is -1.97. The van der Waals surface area contributed by atoms with Crippen LogP contribution in [0.2, 0.25) is 0 Å². The summed E-state index contributed by atoms with van der Waals surface area (Å²) in [5.74, 6) is 0.936. The highest BCUT2D eigenvalue weighted by atomic mass is 32.2. The molecular weight excluding hydrogens is 244 g/mol. The van der Waals surface area contributed by atoms with Crippen LogP contribution in [-0.4, -0.2) is 14.7 Å². The van der Waals surface area contributed by atoms with E-state index in [0.29, 0.717) is 6.04 Å². The van der Waals surface area contributed by atoms with E-state index in [1.807, 2.05) is 30.7 Å². The first-order valence-corrected chi connectivity index (χ1v) is 7.18. The molecule has 1 aliphatic carbocycles. The third-order valence-electron chi connectivity index (χ3n) is 3.15. The highest BCUT2D eigenvalue weighted by Crippen LogP contribution is 2.36. The Bertz CT molecular complexity index is 534. The third kappa shape index (κ3) is 2.60. The number of aliphatic hydroxyl groups excluding tert-OH is 1. The van der Waals surface area contributed by atoms with Crippen molar-refractivity contribution in [3.8, 4) is 0 Å². The molecule has 0 bridgehead atoms. The van der Waals surface area contributed by atoms with E-state index < -0.39 is 0 Å². The number of thioether (sulfide) groups is 1. The Balaban J connectivity index is 1.67. The van der Waals surface area contributed by atoms with Gasteiger partial charge in [-0.25, -0.2) is 4.98 Å². The van der Waals surface area contributed by atoms with Crippen molar-refractivity contribution in [3.63, 3.8) is 0 Å². The lowest BCUT2D eigenvalue weighted by Gasteiger charge is -2.07. The van der Waals surface area contributed by atoms with Gasteiger partial charge in [0.05, 0.1) is 12.9 Å². The minimum absolute atomic E-state index is 0.106. The number of imidazole rings is 1. The van der Waals surface area contributed by atoms with Crippen molar-refractivity contribution in [2.24, 2.45) is 0 Å². The fraction of sp³-hybridized carbons (Fsp3) is 0.357. The smallest absolute Gasteiger partial charge is 0.0951 e. The number of aromatic nitrogens is 2. The Morgan fingerprint density at radius 1 is 1.39 bits per heavy atom. The molecule has 18 heavy (non-hydrogen) atoms. The van der Waals surface area contributed by atoms with Crippen LogP contribution in [-0.2, 0) is 12.4 Å². The molecule has 3 nitrogen and oxygen atoms in total. The van der Waals surface area contributed by atoms with Gasteiger partial charge in [-0.2, -0.15) is 0 Å². The summed E-state index contributed by atoms with van der Waals surface area (Å²) in [5, 5.41) is 9.12. The van der Waals surface area contributed by atoms with Crippen molar-refractivity contribution in [2.75, 3.05) is 0 Å². The van der Waals surface area contributed by atoms with E-state index in [0.717, 1.165) is 11.3 Å². The number of rotatable bonds is 5. The molecule has 1 N–H and O–H groups in total. The van der Waals surface area contributed by atoms with Gasteiger partial charge >= 0.3 is 0 Å². The first kappa shape index (κ1) is 11.8. The largest absolute Gasteiger partial charge is 0.392 e. The number of hydrogen-bond donors (Lipinski definition) is 1. The van der Waals surface area contributed by atoms with Crippen molar-refractivity contribution >= 4 is 11.8 Å². The SMILES string of the molecule is OCc1cccc(SCc2cncn2C2CC2)c1. The van der Waals surface area contributed by atoms with E-state index in [1.165, 1.54) is 23.4 Å². The van der Waals surface area contributed by atoms with E-state index in [-0.39, 0.29) is 6.61 Å². The zero-order valence-corrected chi connectivity index (χ0v) is 10.9. The minimum atomic E-state index is 0.106. The topological polar surface area (TPSA) is 38.1 Å². The molecule has 1 aromatic heterocycles. The molecule has 0 unspecified atom stereocenters. The maximum absolute atomic E-state index is 9.12. The minimum Gasteiger partial charge on any atom is -0.392 e. The second-order valence-electron chi connectivity index (χ2n) is 4.62. The first-order chi connectivity index (χ1) is 8.86. The fourth-order valence-electron chi connectivity index (χ4n) is 2.02. The summed E-state index contributed by atoms with van der Waals surface area (Å²) in [5.41, 5.74) is 2.26. The standard InChI is InChI=1S/C14H16N2OS/c17-8-11-2-1-3-14(6-11)18-9-13-7-15-10-16(13)12-4-5-12/h1-3,6-7,10,12,17H,4-5,8-9H2. The highest BCUT2D eigenvalue weighted by molar-refractivity contribution is 7.98. The van der Waals surface area contributed by atoms with Gasteiger partial charge in [-0.15, -0.1) is 11.8 Å². The highest BCUT2D eigenvalue weighted by Gasteiger charge is 2.24. The van der Waals surface area contributed by atoms with E-state index in [1.54, 1.807) is 11.8 Å². The van der Waals surface area contributed by atoms with Crippen LogP contribution < -0.4 is 0 Å². The Labute approximate surface area is 111 Å². The molecule has 2 aromatic rings. The predicted octanol–water partition coefficient (Wildman–Crippen LogP) is 3.00. The van der Waals surface area contributed by atoms with Crippen molar-refractivity contribution in [1.29, 1.82) is 0 Å². The summed E-state index contributed by atoms with van der Waals surface area (Å²) >= 11 is 1.80. The molecule has 1 aromatic carbocycles. The van der Waals surface area contributed by atoms with Gasteiger partial charge in [0.15, 0.2) is 0 Å². The molecule has 1 aliphatic rings. The predicted molar refractivity (Wildman–Crippen MR) is 72.4 cm³/mol. The number of benzene rings is 1. The van der Waals surface area contributed by atoms with Gasteiger partial charge in [-0.1, -0.05) is 12.1 Å². The number of nitrogens with zero attached hydrogens (tertiary/aromatic N) is 2. The molecule has 0 atom stereocenters. The van der Waals surface area contributed by atoms with Crippen LogP contribution in [0.15, 0.2) is 41.7 Å². The molecule has 0 saturated heterocycles. The average Bonchev–Trinajstić information content (AvgIpc) is 3.15. The summed E-state index contributed by atoms with van der Waals surface area (Å²) < 4.78 is 2.29. The second kappa shape index (κ2) is 5.16. The number of hydrogen-bond acceptors (Lipinski definition) is 3. The zero-order valence-electron chi connectivity index (χ0n) is 10.1. The summed E-state index contributed by atoms with van der Waals surface area (Å²) in [6.45, 7) is 0.106. The quantitative estimate of drug-likeness (QED) is 0.840. The molecule has 1 heterocycles. The van der Waals surface area contributed by atoms with Crippen molar-refractivity contribution < 1.29 is 5.11 Å². The molecule has 0 amide bonds. The van der Waals surface area contributed by atoms with Crippen LogP contribution >= 0.6 is 11.8 Å². The average molecular weight is 260 g/mol. The lowest BCUT2D eigenvalue weighted by atomic mass is 10.2. The Hall–Kier alpha value is -1.26. The zero-order chi connectivity index (χ0) is 12.4. The van der Waals surface area contributed by atoms with Crippen LogP contribution in [0.3, 0.4) is 0 Å². The molecule has 1 saturated carbocycles. The summed E-state index contributed by atoms with van der Waals surface area (Å²) in [6, 6.07) is 8.75. The van der Waals surface area contributed by atoms with Crippen molar-refractivity contribution in [2.45, 2.75) is 36.1 Å². The second-order valence-corrected chi connectivity index (χ2v) is 5.67.